The van der Waals surface area contributed by atoms with Crippen LogP contribution in [0.1, 0.15) is 36.4 Å². The molecular formula is C14H16FNOS. The summed E-state index contributed by atoms with van der Waals surface area (Å²) in [5.74, 6) is -0.380. The standard InChI is InChI=1S/C14H16FNOS/c1-3-9(4-2)16-14(17)13-8-10-11(15)6-5-7-12(10)18-13/h5-9H,3-4H2,1-2H3,(H,16,17). The molecular weight excluding hydrogens is 249 g/mol. The summed E-state index contributed by atoms with van der Waals surface area (Å²) < 4.78 is 14.3. The quantitative estimate of drug-likeness (QED) is 0.890. The smallest absolute Gasteiger partial charge is 0.261 e. The summed E-state index contributed by atoms with van der Waals surface area (Å²) in [6, 6.07) is 6.73. The second-order valence-corrected chi connectivity index (χ2v) is 5.33. The van der Waals surface area contributed by atoms with E-state index in [1.165, 1.54) is 17.4 Å². The zero-order valence-electron chi connectivity index (χ0n) is 10.5. The lowest BCUT2D eigenvalue weighted by Crippen LogP contribution is -2.33. The normalized spacial score (nSPS) is 11.1. The van der Waals surface area contributed by atoms with Crippen LogP contribution in [0.3, 0.4) is 0 Å². The third kappa shape index (κ3) is 2.53. The molecule has 1 heterocycles. The summed E-state index contributed by atoms with van der Waals surface area (Å²) in [7, 11) is 0. The van der Waals surface area contributed by atoms with Gasteiger partial charge in [-0.05, 0) is 31.0 Å². The molecule has 18 heavy (non-hydrogen) atoms. The summed E-state index contributed by atoms with van der Waals surface area (Å²) in [4.78, 5) is 12.6. The minimum absolute atomic E-state index is 0.107. The van der Waals surface area contributed by atoms with Gasteiger partial charge in [0.25, 0.3) is 5.91 Å². The first-order chi connectivity index (χ1) is 8.65. The number of halogens is 1. The van der Waals surface area contributed by atoms with Crippen molar-refractivity contribution in [2.45, 2.75) is 32.7 Å². The van der Waals surface area contributed by atoms with Crippen LogP contribution in [0, 0.1) is 5.82 Å². The van der Waals surface area contributed by atoms with E-state index in [9.17, 15) is 9.18 Å². The molecule has 0 atom stereocenters. The van der Waals surface area contributed by atoms with E-state index in [1.807, 2.05) is 19.9 Å². The Kier molecular flexibility index (Phi) is 3.97. The Balaban J connectivity index is 2.26. The van der Waals surface area contributed by atoms with Crippen molar-refractivity contribution in [1.82, 2.24) is 5.32 Å². The minimum atomic E-state index is -0.273. The van der Waals surface area contributed by atoms with Crippen molar-refractivity contribution < 1.29 is 9.18 Å². The third-order valence-electron chi connectivity index (χ3n) is 3.05. The summed E-state index contributed by atoms with van der Waals surface area (Å²) in [6.07, 6.45) is 1.81. The van der Waals surface area contributed by atoms with Crippen LogP contribution in [0.2, 0.25) is 0 Å². The molecule has 4 heteroatoms. The molecule has 2 rings (SSSR count). The van der Waals surface area contributed by atoms with Gasteiger partial charge in [-0.25, -0.2) is 4.39 Å². The van der Waals surface area contributed by atoms with E-state index in [-0.39, 0.29) is 17.8 Å². The number of amides is 1. The molecule has 0 spiro atoms. The summed E-state index contributed by atoms with van der Waals surface area (Å²) >= 11 is 1.33. The molecule has 0 aliphatic carbocycles. The molecule has 0 aliphatic heterocycles. The van der Waals surface area contributed by atoms with Crippen LogP contribution in [0.4, 0.5) is 4.39 Å². The monoisotopic (exact) mass is 265 g/mol. The van der Waals surface area contributed by atoms with E-state index in [1.54, 1.807) is 12.1 Å². The van der Waals surface area contributed by atoms with E-state index in [2.05, 4.69) is 5.32 Å². The van der Waals surface area contributed by atoms with Gasteiger partial charge in [-0.3, -0.25) is 4.79 Å². The Hall–Kier alpha value is -1.42. The van der Waals surface area contributed by atoms with Crippen LogP contribution in [0.5, 0.6) is 0 Å². The van der Waals surface area contributed by atoms with E-state index in [4.69, 9.17) is 0 Å². The lowest BCUT2D eigenvalue weighted by molar-refractivity contribution is 0.0939. The molecule has 2 aromatic rings. The average molecular weight is 265 g/mol. The number of benzene rings is 1. The van der Waals surface area contributed by atoms with E-state index >= 15 is 0 Å². The van der Waals surface area contributed by atoms with Crippen LogP contribution in [-0.4, -0.2) is 11.9 Å². The molecule has 0 saturated carbocycles. The Labute approximate surface area is 110 Å². The maximum Gasteiger partial charge on any atom is 0.261 e. The van der Waals surface area contributed by atoms with Crippen LogP contribution >= 0.6 is 11.3 Å². The number of carbonyl (C=O) groups excluding carboxylic acids is 1. The van der Waals surface area contributed by atoms with Crippen molar-refractivity contribution >= 4 is 27.3 Å². The fraction of sp³-hybridized carbons (Fsp3) is 0.357. The molecule has 1 aromatic heterocycles. The molecule has 0 fully saturated rings. The Morgan fingerprint density at radius 1 is 1.39 bits per heavy atom. The zero-order chi connectivity index (χ0) is 13.1. The maximum atomic E-state index is 13.5. The molecule has 1 aromatic carbocycles. The molecule has 96 valence electrons. The first-order valence-electron chi connectivity index (χ1n) is 6.14. The molecule has 0 bridgehead atoms. The highest BCUT2D eigenvalue weighted by molar-refractivity contribution is 7.20. The van der Waals surface area contributed by atoms with Gasteiger partial charge in [0.15, 0.2) is 0 Å². The third-order valence-corrected chi connectivity index (χ3v) is 4.15. The van der Waals surface area contributed by atoms with Gasteiger partial charge in [0, 0.05) is 16.1 Å². The largest absolute Gasteiger partial charge is 0.349 e. The molecule has 1 amide bonds. The fourth-order valence-electron chi connectivity index (χ4n) is 1.89. The predicted molar refractivity (Wildman–Crippen MR) is 73.6 cm³/mol. The number of thiophene rings is 1. The van der Waals surface area contributed by atoms with Crippen molar-refractivity contribution in [3.63, 3.8) is 0 Å². The molecule has 0 unspecified atom stereocenters. The predicted octanol–water partition coefficient (Wildman–Crippen LogP) is 3.96. The first kappa shape index (κ1) is 13.0. The number of nitrogens with one attached hydrogen (secondary N) is 1. The Bertz CT molecular complexity index is 560. The zero-order valence-corrected chi connectivity index (χ0v) is 11.3. The second-order valence-electron chi connectivity index (χ2n) is 4.25. The van der Waals surface area contributed by atoms with Gasteiger partial charge in [-0.15, -0.1) is 11.3 Å². The van der Waals surface area contributed by atoms with Gasteiger partial charge >= 0.3 is 0 Å². The topological polar surface area (TPSA) is 29.1 Å². The highest BCUT2D eigenvalue weighted by atomic mass is 32.1. The van der Waals surface area contributed by atoms with Crippen molar-refractivity contribution in [3.05, 3.63) is 35.0 Å². The molecule has 0 radical (unpaired) electrons. The number of hydrogen-bond acceptors (Lipinski definition) is 2. The molecule has 2 nitrogen and oxygen atoms in total. The van der Waals surface area contributed by atoms with Gasteiger partial charge in [-0.2, -0.15) is 0 Å². The summed E-state index contributed by atoms with van der Waals surface area (Å²) in [5.41, 5.74) is 0. The fourth-order valence-corrected chi connectivity index (χ4v) is 2.86. The highest BCUT2D eigenvalue weighted by Gasteiger charge is 2.14. The molecule has 0 aliphatic rings. The van der Waals surface area contributed by atoms with Crippen molar-refractivity contribution in [2.24, 2.45) is 0 Å². The number of fused-ring (bicyclic) bond motifs is 1. The van der Waals surface area contributed by atoms with Crippen molar-refractivity contribution in [2.75, 3.05) is 0 Å². The second kappa shape index (κ2) is 5.48. The van der Waals surface area contributed by atoms with Crippen LogP contribution in [0.15, 0.2) is 24.3 Å². The Morgan fingerprint density at radius 2 is 2.11 bits per heavy atom. The summed E-state index contributed by atoms with van der Waals surface area (Å²) in [6.45, 7) is 4.08. The van der Waals surface area contributed by atoms with E-state index in [0.29, 0.717) is 10.3 Å². The number of carbonyl (C=O) groups is 1. The minimum Gasteiger partial charge on any atom is -0.349 e. The van der Waals surface area contributed by atoms with Crippen LogP contribution < -0.4 is 5.32 Å². The lowest BCUT2D eigenvalue weighted by Gasteiger charge is -2.13. The van der Waals surface area contributed by atoms with Crippen molar-refractivity contribution in [1.29, 1.82) is 0 Å². The maximum absolute atomic E-state index is 13.5. The van der Waals surface area contributed by atoms with Crippen LogP contribution in [-0.2, 0) is 0 Å². The number of hydrogen-bond donors (Lipinski definition) is 1. The first-order valence-corrected chi connectivity index (χ1v) is 6.96. The average Bonchev–Trinajstić information content (AvgIpc) is 2.81. The Morgan fingerprint density at radius 3 is 2.72 bits per heavy atom. The van der Waals surface area contributed by atoms with Gasteiger partial charge < -0.3 is 5.32 Å². The molecule has 0 saturated heterocycles. The summed E-state index contributed by atoms with van der Waals surface area (Å²) in [5, 5.41) is 3.49. The van der Waals surface area contributed by atoms with Crippen molar-refractivity contribution in [3.8, 4) is 0 Å². The number of rotatable bonds is 4. The van der Waals surface area contributed by atoms with Gasteiger partial charge in [0.05, 0.1) is 4.88 Å². The van der Waals surface area contributed by atoms with Gasteiger partial charge in [-0.1, -0.05) is 19.9 Å². The highest BCUT2D eigenvalue weighted by Crippen LogP contribution is 2.27. The van der Waals surface area contributed by atoms with E-state index in [0.717, 1.165) is 17.5 Å². The van der Waals surface area contributed by atoms with E-state index < -0.39 is 0 Å². The van der Waals surface area contributed by atoms with Crippen LogP contribution in [0.25, 0.3) is 10.1 Å². The molecule has 1 N–H and O–H groups in total. The van der Waals surface area contributed by atoms with Gasteiger partial charge in [0.1, 0.15) is 5.82 Å². The van der Waals surface area contributed by atoms with Gasteiger partial charge in [0.2, 0.25) is 0 Å². The lowest BCUT2D eigenvalue weighted by atomic mass is 10.1. The SMILES string of the molecule is CCC(CC)NC(=O)c1cc2c(F)cccc2s1.